The van der Waals surface area contributed by atoms with Gasteiger partial charge in [-0.1, -0.05) is 23.7 Å². The van der Waals surface area contributed by atoms with Crippen LogP contribution in [0.4, 0.5) is 11.5 Å². The molecule has 2 aromatic rings. The summed E-state index contributed by atoms with van der Waals surface area (Å²) in [5, 5.41) is 3.53. The van der Waals surface area contributed by atoms with Gasteiger partial charge in [0, 0.05) is 30.4 Å². The second kappa shape index (κ2) is 7.95. The Morgan fingerprint density at radius 2 is 2.08 bits per heavy atom. The first-order valence-electron chi connectivity index (χ1n) is 7.75. The average molecular weight is 344 g/mol. The van der Waals surface area contributed by atoms with Crippen molar-refractivity contribution < 1.29 is 9.53 Å². The van der Waals surface area contributed by atoms with Crippen molar-refractivity contribution in [2.24, 2.45) is 0 Å². The molecule has 0 spiro atoms. The minimum Gasteiger partial charge on any atom is -0.378 e. The van der Waals surface area contributed by atoms with E-state index in [0.717, 1.165) is 24.5 Å². The lowest BCUT2D eigenvalue weighted by atomic mass is 10.2. The number of pyridine rings is 1. The Balaban J connectivity index is 1.70. The van der Waals surface area contributed by atoms with Crippen LogP contribution in [-0.4, -0.2) is 37.2 Å². The first kappa shape index (κ1) is 16.5. The monoisotopic (exact) mass is 343 g/mol. The number of nitrogens with zero attached hydrogens (tertiary/aromatic N) is 2. The van der Waals surface area contributed by atoms with Gasteiger partial charge in [-0.25, -0.2) is 4.98 Å². The van der Waals surface area contributed by atoms with E-state index in [4.69, 9.17) is 16.3 Å². The molecule has 24 heavy (non-hydrogen) atoms. The second-order valence-corrected chi connectivity index (χ2v) is 5.79. The van der Waals surface area contributed by atoms with E-state index >= 15 is 0 Å². The van der Waals surface area contributed by atoms with Gasteiger partial charge < -0.3 is 15.0 Å². The summed E-state index contributed by atoms with van der Waals surface area (Å²) in [6.45, 7) is 2.85. The number of rotatable bonds is 4. The topological polar surface area (TPSA) is 54.5 Å². The van der Waals surface area contributed by atoms with E-state index in [1.165, 1.54) is 6.08 Å². The number of carbonyl (C=O) groups excluding carboxylic acids is 1. The third kappa shape index (κ3) is 4.34. The second-order valence-electron chi connectivity index (χ2n) is 5.35. The highest BCUT2D eigenvalue weighted by Gasteiger charge is 2.16. The first-order chi connectivity index (χ1) is 11.7. The smallest absolute Gasteiger partial charge is 0.248 e. The molecule has 0 aliphatic carbocycles. The number of morpholine rings is 1. The van der Waals surface area contributed by atoms with Crippen molar-refractivity contribution in [3.05, 3.63) is 59.3 Å². The largest absolute Gasteiger partial charge is 0.378 e. The molecule has 6 heteroatoms. The standard InChI is InChI=1S/C18H18ClN3O2/c19-15-4-1-3-14(13-15)6-7-17(23)21-16-5-2-8-20-18(16)22-9-11-24-12-10-22/h1-8,13H,9-12H2,(H,21,23). The highest BCUT2D eigenvalue weighted by atomic mass is 35.5. The number of aromatic nitrogens is 1. The molecule has 0 saturated carbocycles. The van der Waals surface area contributed by atoms with E-state index in [1.807, 2.05) is 18.2 Å². The zero-order chi connectivity index (χ0) is 16.8. The van der Waals surface area contributed by atoms with Gasteiger partial charge in [-0.3, -0.25) is 4.79 Å². The Labute approximate surface area is 145 Å². The molecule has 5 nitrogen and oxygen atoms in total. The SMILES string of the molecule is O=C(C=Cc1cccc(Cl)c1)Nc1cccnc1N1CCOCC1. The fraction of sp³-hybridized carbons (Fsp3) is 0.222. The molecule has 1 saturated heterocycles. The van der Waals surface area contributed by atoms with Gasteiger partial charge in [-0.2, -0.15) is 0 Å². The predicted molar refractivity (Wildman–Crippen MR) is 96.4 cm³/mol. The van der Waals surface area contributed by atoms with E-state index in [2.05, 4.69) is 15.2 Å². The lowest BCUT2D eigenvalue weighted by Gasteiger charge is -2.29. The number of benzene rings is 1. The van der Waals surface area contributed by atoms with Gasteiger partial charge in [0.1, 0.15) is 0 Å². The highest BCUT2D eigenvalue weighted by Crippen LogP contribution is 2.23. The molecule has 0 unspecified atom stereocenters. The van der Waals surface area contributed by atoms with Crippen molar-refractivity contribution >= 4 is 35.1 Å². The number of hydrogen-bond acceptors (Lipinski definition) is 4. The number of nitrogens with one attached hydrogen (secondary N) is 1. The summed E-state index contributed by atoms with van der Waals surface area (Å²) < 4.78 is 5.36. The number of halogens is 1. The Morgan fingerprint density at radius 3 is 2.88 bits per heavy atom. The van der Waals surface area contributed by atoms with Gasteiger partial charge in [0.05, 0.1) is 18.9 Å². The van der Waals surface area contributed by atoms with Crippen LogP contribution in [-0.2, 0) is 9.53 Å². The van der Waals surface area contributed by atoms with Crippen LogP contribution in [0.1, 0.15) is 5.56 Å². The summed E-state index contributed by atoms with van der Waals surface area (Å²) in [4.78, 5) is 18.7. The fourth-order valence-electron chi connectivity index (χ4n) is 2.48. The van der Waals surface area contributed by atoms with Crippen molar-refractivity contribution in [3.63, 3.8) is 0 Å². The summed E-state index contributed by atoms with van der Waals surface area (Å²) in [5.41, 5.74) is 1.57. The number of ether oxygens (including phenoxy) is 1. The number of hydrogen-bond donors (Lipinski definition) is 1. The molecule has 1 aromatic heterocycles. The Morgan fingerprint density at radius 1 is 1.25 bits per heavy atom. The van der Waals surface area contributed by atoms with Crippen molar-refractivity contribution in [1.29, 1.82) is 0 Å². The molecule has 0 atom stereocenters. The molecule has 2 heterocycles. The molecule has 1 aromatic carbocycles. The van der Waals surface area contributed by atoms with Crippen molar-refractivity contribution in [2.75, 3.05) is 36.5 Å². The molecule has 3 rings (SSSR count). The van der Waals surface area contributed by atoms with E-state index in [9.17, 15) is 4.79 Å². The lowest BCUT2D eigenvalue weighted by molar-refractivity contribution is -0.111. The minimum atomic E-state index is -0.211. The van der Waals surface area contributed by atoms with Crippen LogP contribution in [0.15, 0.2) is 48.7 Å². The average Bonchev–Trinajstić information content (AvgIpc) is 2.61. The van der Waals surface area contributed by atoms with Gasteiger partial charge in [-0.15, -0.1) is 0 Å². The predicted octanol–water partition coefficient (Wildman–Crippen LogP) is 3.22. The molecule has 1 aliphatic heterocycles. The summed E-state index contributed by atoms with van der Waals surface area (Å²) >= 11 is 5.94. The van der Waals surface area contributed by atoms with Crippen LogP contribution in [0.3, 0.4) is 0 Å². The van der Waals surface area contributed by atoms with Crippen molar-refractivity contribution in [2.45, 2.75) is 0 Å². The van der Waals surface area contributed by atoms with Crippen molar-refractivity contribution in [1.82, 2.24) is 4.98 Å². The van der Waals surface area contributed by atoms with Crippen LogP contribution in [0.5, 0.6) is 0 Å². The molecule has 1 amide bonds. The molecule has 1 fully saturated rings. The van der Waals surface area contributed by atoms with E-state index in [1.54, 1.807) is 30.5 Å². The Bertz CT molecular complexity index is 743. The van der Waals surface area contributed by atoms with E-state index < -0.39 is 0 Å². The summed E-state index contributed by atoms with van der Waals surface area (Å²) in [5.74, 6) is 0.558. The van der Waals surface area contributed by atoms with E-state index in [0.29, 0.717) is 23.9 Å². The maximum absolute atomic E-state index is 12.2. The van der Waals surface area contributed by atoms with Gasteiger partial charge >= 0.3 is 0 Å². The molecule has 1 aliphatic rings. The van der Waals surface area contributed by atoms with Crippen LogP contribution in [0.2, 0.25) is 5.02 Å². The maximum Gasteiger partial charge on any atom is 0.248 e. The molecular weight excluding hydrogens is 326 g/mol. The van der Waals surface area contributed by atoms with Gasteiger partial charge in [0.2, 0.25) is 5.91 Å². The lowest BCUT2D eigenvalue weighted by Crippen LogP contribution is -2.37. The maximum atomic E-state index is 12.2. The zero-order valence-electron chi connectivity index (χ0n) is 13.1. The normalized spacial score (nSPS) is 14.8. The minimum absolute atomic E-state index is 0.211. The van der Waals surface area contributed by atoms with Gasteiger partial charge in [0.25, 0.3) is 0 Å². The quantitative estimate of drug-likeness (QED) is 0.866. The molecule has 0 bridgehead atoms. The van der Waals surface area contributed by atoms with Crippen LogP contribution in [0.25, 0.3) is 6.08 Å². The number of carbonyl (C=O) groups is 1. The van der Waals surface area contributed by atoms with Crippen LogP contribution >= 0.6 is 11.6 Å². The van der Waals surface area contributed by atoms with Gasteiger partial charge in [-0.05, 0) is 35.9 Å². The summed E-state index contributed by atoms with van der Waals surface area (Å²) in [7, 11) is 0. The van der Waals surface area contributed by atoms with Crippen LogP contribution in [0, 0.1) is 0 Å². The first-order valence-corrected chi connectivity index (χ1v) is 8.12. The van der Waals surface area contributed by atoms with Gasteiger partial charge in [0.15, 0.2) is 5.82 Å². The number of amides is 1. The van der Waals surface area contributed by atoms with Crippen molar-refractivity contribution in [3.8, 4) is 0 Å². The number of anilines is 2. The Kier molecular flexibility index (Phi) is 5.46. The van der Waals surface area contributed by atoms with Crippen LogP contribution < -0.4 is 10.2 Å². The summed E-state index contributed by atoms with van der Waals surface area (Å²) in [6.07, 6.45) is 4.94. The third-order valence-electron chi connectivity index (χ3n) is 3.63. The zero-order valence-corrected chi connectivity index (χ0v) is 13.9. The molecule has 124 valence electrons. The molecular formula is C18H18ClN3O2. The Hall–Kier alpha value is -2.37. The molecule has 0 radical (unpaired) electrons. The third-order valence-corrected chi connectivity index (χ3v) is 3.87. The summed E-state index contributed by atoms with van der Waals surface area (Å²) in [6, 6.07) is 11.0. The highest BCUT2D eigenvalue weighted by molar-refractivity contribution is 6.30. The molecule has 1 N–H and O–H groups in total. The van der Waals surface area contributed by atoms with E-state index in [-0.39, 0.29) is 5.91 Å². The fourth-order valence-corrected chi connectivity index (χ4v) is 2.68.